The molecule has 2 aliphatic rings. The predicted octanol–water partition coefficient (Wildman–Crippen LogP) is 6.13. The number of benzene rings is 1. The number of fused-ring (bicyclic) bond motifs is 3. The lowest BCUT2D eigenvalue weighted by Gasteiger charge is -2.46. The van der Waals surface area contributed by atoms with Crippen molar-refractivity contribution in [3.05, 3.63) is 34.9 Å². The van der Waals surface area contributed by atoms with E-state index in [0.717, 1.165) is 30.6 Å². The van der Waals surface area contributed by atoms with Gasteiger partial charge in [-0.1, -0.05) is 37.8 Å². The number of ether oxygens (including phenoxy) is 1. The summed E-state index contributed by atoms with van der Waals surface area (Å²) in [6, 6.07) is 4.15. The Balaban J connectivity index is 1.91. The Labute approximate surface area is 146 Å². The second-order valence-corrected chi connectivity index (χ2v) is 8.23. The second kappa shape index (κ2) is 6.82. The van der Waals surface area contributed by atoms with Crippen LogP contribution in [-0.2, 0) is 6.42 Å². The number of aromatic hydroxyl groups is 1. The molecule has 132 valence electrons. The van der Waals surface area contributed by atoms with E-state index in [1.807, 2.05) is 6.07 Å². The predicted molar refractivity (Wildman–Crippen MR) is 99.9 cm³/mol. The summed E-state index contributed by atoms with van der Waals surface area (Å²) in [5, 5.41) is 10.7. The third-order valence-electron chi connectivity index (χ3n) is 5.85. The van der Waals surface area contributed by atoms with Crippen molar-refractivity contribution in [2.45, 2.75) is 84.2 Å². The van der Waals surface area contributed by atoms with Crippen molar-refractivity contribution in [2.24, 2.45) is 5.92 Å². The first-order chi connectivity index (χ1) is 11.4. The van der Waals surface area contributed by atoms with Gasteiger partial charge >= 0.3 is 0 Å². The van der Waals surface area contributed by atoms with Crippen molar-refractivity contribution in [3.63, 3.8) is 0 Å². The van der Waals surface area contributed by atoms with E-state index in [0.29, 0.717) is 11.7 Å². The number of unbranched alkanes of at least 4 members (excludes halogenated alkanes) is 3. The molecule has 0 saturated carbocycles. The lowest BCUT2D eigenvalue weighted by Crippen LogP contribution is -2.45. The van der Waals surface area contributed by atoms with Crippen LogP contribution in [0.5, 0.6) is 11.5 Å². The summed E-state index contributed by atoms with van der Waals surface area (Å²) >= 11 is 0. The molecular formula is C22H32O2. The maximum Gasteiger partial charge on any atom is 0.127 e. The standard InChI is InChI=1S/C22H32O2/c1-5-6-7-8-9-16-13-19(23)21-17-12-15(2)10-11-18(17)22(3,4)24-20(21)14-16/h12-14,17-18,23H,5-11H2,1-4H3/t17-,18-/m0/s1. The fourth-order valence-electron chi connectivity index (χ4n) is 4.48. The molecule has 2 heteroatoms. The quantitative estimate of drug-likeness (QED) is 0.520. The minimum Gasteiger partial charge on any atom is -0.507 e. The van der Waals surface area contributed by atoms with Crippen LogP contribution in [0.15, 0.2) is 23.8 Å². The van der Waals surface area contributed by atoms with Crippen LogP contribution in [0.3, 0.4) is 0 Å². The first-order valence-electron chi connectivity index (χ1n) is 9.64. The fraction of sp³-hybridized carbons (Fsp3) is 0.636. The molecule has 0 radical (unpaired) electrons. The topological polar surface area (TPSA) is 29.5 Å². The van der Waals surface area contributed by atoms with Gasteiger partial charge in [-0.05, 0) is 64.2 Å². The Bertz CT molecular complexity index is 627. The van der Waals surface area contributed by atoms with Gasteiger partial charge < -0.3 is 9.84 Å². The molecule has 0 spiro atoms. The molecule has 1 aliphatic carbocycles. The first kappa shape index (κ1) is 17.4. The zero-order valence-electron chi connectivity index (χ0n) is 15.7. The molecule has 1 N–H and O–H groups in total. The molecule has 0 aromatic heterocycles. The molecular weight excluding hydrogens is 296 g/mol. The molecule has 1 aromatic carbocycles. The van der Waals surface area contributed by atoms with Gasteiger partial charge in [0.1, 0.15) is 17.1 Å². The molecule has 2 nitrogen and oxygen atoms in total. The zero-order chi connectivity index (χ0) is 17.3. The minimum absolute atomic E-state index is 0.178. The van der Waals surface area contributed by atoms with E-state index < -0.39 is 0 Å². The Morgan fingerprint density at radius 2 is 2.00 bits per heavy atom. The molecule has 0 fully saturated rings. The highest BCUT2D eigenvalue weighted by molar-refractivity contribution is 5.53. The monoisotopic (exact) mass is 328 g/mol. The van der Waals surface area contributed by atoms with Gasteiger partial charge in [0.15, 0.2) is 0 Å². The molecule has 1 heterocycles. The highest BCUT2D eigenvalue weighted by Crippen LogP contribution is 2.53. The number of phenolic OH excluding ortho intramolecular Hbond substituents is 1. The van der Waals surface area contributed by atoms with Gasteiger partial charge in [-0.25, -0.2) is 0 Å². The number of hydrogen-bond donors (Lipinski definition) is 1. The summed E-state index contributed by atoms with van der Waals surface area (Å²) in [5.41, 5.74) is 3.47. The van der Waals surface area contributed by atoms with Gasteiger partial charge in [0.05, 0.1) is 0 Å². The molecule has 2 atom stereocenters. The summed E-state index contributed by atoms with van der Waals surface area (Å²) in [6.07, 6.45) is 10.6. The SMILES string of the molecule is CCCCCCc1cc(O)c2c(c1)OC(C)(C)[C@H]1CCC(C)=C[C@H]21. The Hall–Kier alpha value is -1.44. The number of phenols is 1. The minimum atomic E-state index is -0.178. The second-order valence-electron chi connectivity index (χ2n) is 8.23. The van der Waals surface area contributed by atoms with Crippen molar-refractivity contribution >= 4 is 0 Å². The van der Waals surface area contributed by atoms with Gasteiger partial charge in [0.25, 0.3) is 0 Å². The smallest absolute Gasteiger partial charge is 0.127 e. The van der Waals surface area contributed by atoms with Crippen molar-refractivity contribution in [1.82, 2.24) is 0 Å². The third-order valence-corrected chi connectivity index (χ3v) is 5.85. The maximum atomic E-state index is 10.7. The van der Waals surface area contributed by atoms with Crippen molar-refractivity contribution in [2.75, 3.05) is 0 Å². The van der Waals surface area contributed by atoms with E-state index in [1.54, 1.807) is 0 Å². The van der Waals surface area contributed by atoms with Crippen LogP contribution in [0.1, 0.15) is 83.3 Å². The number of allylic oxidation sites excluding steroid dienone is 2. The van der Waals surface area contributed by atoms with Gasteiger partial charge in [-0.15, -0.1) is 0 Å². The molecule has 1 aromatic rings. The van der Waals surface area contributed by atoms with E-state index in [-0.39, 0.29) is 11.5 Å². The largest absolute Gasteiger partial charge is 0.507 e. The summed E-state index contributed by atoms with van der Waals surface area (Å²) in [6.45, 7) is 8.84. The van der Waals surface area contributed by atoms with Crippen LogP contribution in [-0.4, -0.2) is 10.7 Å². The normalized spacial score (nSPS) is 24.6. The number of aryl methyl sites for hydroxylation is 1. The van der Waals surface area contributed by atoms with Crippen LogP contribution >= 0.6 is 0 Å². The van der Waals surface area contributed by atoms with E-state index in [1.165, 1.54) is 36.8 Å². The van der Waals surface area contributed by atoms with E-state index in [9.17, 15) is 5.11 Å². The lowest BCUT2D eigenvalue weighted by molar-refractivity contribution is 0.0107. The zero-order valence-corrected chi connectivity index (χ0v) is 15.7. The molecule has 3 rings (SSSR count). The van der Waals surface area contributed by atoms with E-state index >= 15 is 0 Å². The van der Waals surface area contributed by atoms with Crippen LogP contribution in [0, 0.1) is 5.92 Å². The fourth-order valence-corrected chi connectivity index (χ4v) is 4.48. The lowest BCUT2D eigenvalue weighted by atomic mass is 9.68. The highest BCUT2D eigenvalue weighted by Gasteiger charge is 2.45. The summed E-state index contributed by atoms with van der Waals surface area (Å²) in [4.78, 5) is 0. The van der Waals surface area contributed by atoms with E-state index in [2.05, 4.69) is 39.8 Å². The Morgan fingerprint density at radius 3 is 2.75 bits per heavy atom. The first-order valence-corrected chi connectivity index (χ1v) is 9.64. The molecule has 1 aliphatic heterocycles. The summed E-state index contributed by atoms with van der Waals surface area (Å²) < 4.78 is 6.38. The number of rotatable bonds is 5. The number of hydrogen-bond acceptors (Lipinski definition) is 2. The average molecular weight is 328 g/mol. The van der Waals surface area contributed by atoms with Crippen molar-refractivity contribution < 1.29 is 9.84 Å². The van der Waals surface area contributed by atoms with Crippen molar-refractivity contribution in [1.29, 1.82) is 0 Å². The Kier molecular flexibility index (Phi) is 4.94. The molecule has 0 saturated heterocycles. The molecule has 0 bridgehead atoms. The Morgan fingerprint density at radius 1 is 1.21 bits per heavy atom. The van der Waals surface area contributed by atoms with E-state index in [4.69, 9.17) is 4.74 Å². The summed E-state index contributed by atoms with van der Waals surface area (Å²) in [5.74, 6) is 2.05. The van der Waals surface area contributed by atoms with Crippen LogP contribution < -0.4 is 4.74 Å². The summed E-state index contributed by atoms with van der Waals surface area (Å²) in [7, 11) is 0. The third kappa shape index (κ3) is 3.34. The molecule has 0 amide bonds. The van der Waals surface area contributed by atoms with Gasteiger partial charge in [-0.2, -0.15) is 0 Å². The molecule has 0 unspecified atom stereocenters. The molecule has 24 heavy (non-hydrogen) atoms. The average Bonchev–Trinajstić information content (AvgIpc) is 2.50. The van der Waals surface area contributed by atoms with Gasteiger partial charge in [-0.3, -0.25) is 0 Å². The van der Waals surface area contributed by atoms with Gasteiger partial charge in [0.2, 0.25) is 0 Å². The highest BCUT2D eigenvalue weighted by atomic mass is 16.5. The van der Waals surface area contributed by atoms with Crippen LogP contribution in [0.25, 0.3) is 0 Å². The van der Waals surface area contributed by atoms with Crippen molar-refractivity contribution in [3.8, 4) is 11.5 Å². The maximum absolute atomic E-state index is 10.7. The van der Waals surface area contributed by atoms with Crippen LogP contribution in [0.2, 0.25) is 0 Å². The van der Waals surface area contributed by atoms with Crippen LogP contribution in [0.4, 0.5) is 0 Å². The van der Waals surface area contributed by atoms with Gasteiger partial charge in [0, 0.05) is 17.4 Å².